The zero-order chi connectivity index (χ0) is 21.7. The van der Waals surface area contributed by atoms with Crippen molar-refractivity contribution in [3.8, 4) is 17.0 Å². The molecule has 0 unspecified atom stereocenters. The van der Waals surface area contributed by atoms with Crippen LogP contribution >= 0.6 is 0 Å². The Kier molecular flexibility index (Phi) is 4.18. The fraction of sp³-hybridized carbons (Fsp3) is 0.190. The van der Waals surface area contributed by atoms with E-state index in [0.717, 1.165) is 11.4 Å². The van der Waals surface area contributed by atoms with Crippen molar-refractivity contribution < 1.29 is 13.9 Å². The van der Waals surface area contributed by atoms with Gasteiger partial charge in [0.15, 0.2) is 6.61 Å². The largest absolute Gasteiger partial charge is 0.485 e. The highest BCUT2D eigenvalue weighted by atomic mass is 19.1. The number of aryl methyl sites for hydroxylation is 2. The molecule has 0 amide bonds. The molecule has 154 valence electrons. The monoisotopic (exact) mass is 417 g/mol. The summed E-state index contributed by atoms with van der Waals surface area (Å²) in [5, 5.41) is 7.43. The summed E-state index contributed by atoms with van der Waals surface area (Å²) in [6, 6.07) is 4.64. The van der Waals surface area contributed by atoms with E-state index in [1.807, 2.05) is 20.0 Å². The quantitative estimate of drug-likeness (QED) is 0.513. The lowest BCUT2D eigenvalue weighted by Crippen LogP contribution is -2.11. The number of carbonyl (C=O) groups excluding carboxylic acids is 1. The Bertz CT molecular complexity index is 1410. The number of aromatic nitrogens is 5. The first-order valence-corrected chi connectivity index (χ1v) is 9.44. The number of benzene rings is 1. The second kappa shape index (κ2) is 6.91. The maximum absolute atomic E-state index is 14.5. The highest BCUT2D eigenvalue weighted by Gasteiger charge is 2.27. The number of anilines is 1. The Balaban J connectivity index is 1.57. The van der Waals surface area contributed by atoms with Gasteiger partial charge in [0.2, 0.25) is 17.4 Å². The molecule has 0 bridgehead atoms. The van der Waals surface area contributed by atoms with Crippen LogP contribution in [-0.4, -0.2) is 36.5 Å². The Morgan fingerprint density at radius 2 is 2.23 bits per heavy atom. The Morgan fingerprint density at radius 1 is 1.39 bits per heavy atom. The summed E-state index contributed by atoms with van der Waals surface area (Å²) in [6.45, 7) is 9.14. The Hall–Kier alpha value is -4.26. The summed E-state index contributed by atoms with van der Waals surface area (Å²) in [7, 11) is 1.82. The second-order valence-corrected chi connectivity index (χ2v) is 7.16. The highest BCUT2D eigenvalue weighted by Crippen LogP contribution is 2.32. The molecule has 0 fully saturated rings. The number of Topliss-reactive ketones (excluding diaryl/α,β-unsaturated/α-hetero) is 1. The highest BCUT2D eigenvalue weighted by molar-refractivity contribution is 6.03. The number of hydrogen-bond donors (Lipinski definition) is 1. The number of rotatable bonds is 4. The van der Waals surface area contributed by atoms with E-state index in [9.17, 15) is 9.18 Å². The molecule has 5 rings (SSSR count). The molecule has 10 heteroatoms. The number of nitrogens with zero attached hydrogens (tertiary/aromatic N) is 6. The van der Waals surface area contributed by atoms with Gasteiger partial charge in [-0.25, -0.2) is 9.37 Å². The predicted molar refractivity (Wildman–Crippen MR) is 110 cm³/mol. The molecule has 1 aliphatic heterocycles. The van der Waals surface area contributed by atoms with E-state index in [1.165, 1.54) is 12.1 Å². The summed E-state index contributed by atoms with van der Waals surface area (Å²) in [5.74, 6) is 0.177. The molecular formula is C21H16FN7O2. The van der Waals surface area contributed by atoms with E-state index in [1.54, 1.807) is 21.5 Å². The van der Waals surface area contributed by atoms with Crippen molar-refractivity contribution in [1.29, 1.82) is 0 Å². The second-order valence-electron chi connectivity index (χ2n) is 7.16. The maximum Gasteiger partial charge on any atom is 0.288 e. The molecule has 0 saturated carbocycles. The van der Waals surface area contributed by atoms with Gasteiger partial charge in [0.25, 0.3) is 5.82 Å². The van der Waals surface area contributed by atoms with Crippen molar-refractivity contribution in [3.05, 3.63) is 64.6 Å². The predicted octanol–water partition coefficient (Wildman–Crippen LogP) is 3.32. The van der Waals surface area contributed by atoms with E-state index in [0.29, 0.717) is 22.9 Å². The number of halogens is 1. The van der Waals surface area contributed by atoms with Crippen LogP contribution in [0.5, 0.6) is 5.75 Å². The molecule has 1 aromatic carbocycles. The zero-order valence-corrected chi connectivity index (χ0v) is 16.7. The minimum atomic E-state index is -0.504. The minimum absolute atomic E-state index is 0.0158. The molecule has 9 nitrogen and oxygen atoms in total. The van der Waals surface area contributed by atoms with Crippen LogP contribution in [0.3, 0.4) is 0 Å². The van der Waals surface area contributed by atoms with Crippen molar-refractivity contribution in [2.45, 2.75) is 13.5 Å². The average molecular weight is 417 g/mol. The van der Waals surface area contributed by atoms with Crippen LogP contribution in [0.2, 0.25) is 0 Å². The van der Waals surface area contributed by atoms with Gasteiger partial charge in [0.1, 0.15) is 11.6 Å². The summed E-state index contributed by atoms with van der Waals surface area (Å²) in [6.07, 6.45) is 3.19. The van der Waals surface area contributed by atoms with Crippen LogP contribution in [0.15, 0.2) is 30.6 Å². The lowest BCUT2D eigenvalue weighted by Gasteiger charge is -2.12. The Labute approximate surface area is 175 Å². The van der Waals surface area contributed by atoms with Crippen LogP contribution in [-0.2, 0) is 13.6 Å². The van der Waals surface area contributed by atoms with Gasteiger partial charge >= 0.3 is 0 Å². The van der Waals surface area contributed by atoms with Gasteiger partial charge in [0, 0.05) is 31.5 Å². The third-order valence-electron chi connectivity index (χ3n) is 5.15. The molecule has 0 spiro atoms. The normalized spacial score (nSPS) is 12.6. The molecule has 0 aliphatic carbocycles. The third-order valence-corrected chi connectivity index (χ3v) is 5.15. The average Bonchev–Trinajstić information content (AvgIpc) is 3.44. The lowest BCUT2D eigenvalue weighted by atomic mass is 10.0. The van der Waals surface area contributed by atoms with Gasteiger partial charge in [-0.05, 0) is 25.1 Å². The molecule has 0 saturated heterocycles. The number of imidazole rings is 1. The van der Waals surface area contributed by atoms with Crippen LogP contribution in [0.25, 0.3) is 21.7 Å². The van der Waals surface area contributed by atoms with Crippen LogP contribution in [0, 0.1) is 19.3 Å². The first-order chi connectivity index (χ1) is 15.0. The first-order valence-electron chi connectivity index (χ1n) is 9.44. The smallest absolute Gasteiger partial charge is 0.288 e. The van der Waals surface area contributed by atoms with E-state index in [4.69, 9.17) is 11.3 Å². The summed E-state index contributed by atoms with van der Waals surface area (Å²) >= 11 is 0. The van der Waals surface area contributed by atoms with Gasteiger partial charge in [-0.15, -0.1) is 0 Å². The minimum Gasteiger partial charge on any atom is -0.485 e. The molecule has 1 aliphatic rings. The van der Waals surface area contributed by atoms with Crippen LogP contribution < -0.4 is 10.1 Å². The molecule has 0 atom stereocenters. The summed E-state index contributed by atoms with van der Waals surface area (Å²) in [5.41, 5.74) is 3.34. The van der Waals surface area contributed by atoms with Crippen LogP contribution in [0.4, 0.5) is 16.2 Å². The van der Waals surface area contributed by atoms with Crippen molar-refractivity contribution in [3.63, 3.8) is 0 Å². The number of carbonyl (C=O) groups is 1. The van der Waals surface area contributed by atoms with Crippen molar-refractivity contribution in [1.82, 2.24) is 24.1 Å². The van der Waals surface area contributed by atoms with Gasteiger partial charge < -0.3 is 14.9 Å². The third kappa shape index (κ3) is 2.98. The lowest BCUT2D eigenvalue weighted by molar-refractivity contribution is 0.0960. The molecule has 4 aromatic rings. The summed E-state index contributed by atoms with van der Waals surface area (Å²) < 4.78 is 23.2. The molecule has 0 radical (unpaired) electrons. The standard InChI is InChI=1S/C21H16FN7O2/c1-11-6-15(28(3)27-11)13-8-25-21(29-9-18(23-2)26-20(13)29)24-7-12-14(22)4-5-17-19(12)16(30)10-31-17/h4-6,8-9H,7,10H2,1,3H3,(H,24,25). The van der Waals surface area contributed by atoms with Gasteiger partial charge in [-0.2, -0.15) is 5.10 Å². The van der Waals surface area contributed by atoms with E-state index >= 15 is 0 Å². The van der Waals surface area contributed by atoms with E-state index in [2.05, 4.69) is 25.2 Å². The fourth-order valence-electron chi connectivity index (χ4n) is 3.78. The SMILES string of the molecule is [C-]#[N+]c1cn2c(NCc3c(F)ccc4c3C(=O)CO4)ncc(-c3cc(C)nn3C)c2n1. The van der Waals surface area contributed by atoms with Gasteiger partial charge in [-0.3, -0.25) is 13.9 Å². The number of hydrogen-bond acceptors (Lipinski definition) is 6. The van der Waals surface area contributed by atoms with Crippen molar-refractivity contribution in [2.24, 2.45) is 7.05 Å². The molecule has 4 heterocycles. The zero-order valence-electron chi connectivity index (χ0n) is 16.7. The Morgan fingerprint density at radius 3 is 2.97 bits per heavy atom. The fourth-order valence-corrected chi connectivity index (χ4v) is 3.78. The topological polar surface area (TPSA) is 90.7 Å². The molecular weight excluding hydrogens is 401 g/mol. The number of ether oxygens (including phenoxy) is 1. The molecule has 1 N–H and O–H groups in total. The first kappa shape index (κ1) is 18.7. The van der Waals surface area contributed by atoms with Crippen LogP contribution in [0.1, 0.15) is 21.6 Å². The van der Waals surface area contributed by atoms with Gasteiger partial charge in [-0.1, -0.05) is 11.6 Å². The summed E-state index contributed by atoms with van der Waals surface area (Å²) in [4.78, 5) is 24.4. The number of fused-ring (bicyclic) bond motifs is 2. The molecule has 3 aromatic heterocycles. The number of ketones is 1. The van der Waals surface area contributed by atoms with E-state index < -0.39 is 5.82 Å². The van der Waals surface area contributed by atoms with Crippen molar-refractivity contribution >= 4 is 23.2 Å². The van der Waals surface area contributed by atoms with E-state index in [-0.39, 0.29) is 35.9 Å². The number of nitrogens with one attached hydrogen (secondary N) is 1. The molecule has 31 heavy (non-hydrogen) atoms. The van der Waals surface area contributed by atoms with Gasteiger partial charge in [0.05, 0.1) is 22.5 Å². The maximum atomic E-state index is 14.5. The van der Waals surface area contributed by atoms with Crippen molar-refractivity contribution in [2.75, 3.05) is 11.9 Å².